The Morgan fingerprint density at radius 1 is 1.19 bits per heavy atom. The van der Waals surface area contributed by atoms with Crippen LogP contribution in [0.2, 0.25) is 0 Å². The zero-order valence-corrected chi connectivity index (χ0v) is 15.2. The summed E-state index contributed by atoms with van der Waals surface area (Å²) in [6, 6.07) is 13.1. The van der Waals surface area contributed by atoms with Crippen LogP contribution in [0.1, 0.15) is 22.3 Å². The molecule has 1 heterocycles. The maximum atomic E-state index is 13.1. The van der Waals surface area contributed by atoms with Crippen LogP contribution in [0.5, 0.6) is 5.75 Å². The standard InChI is InChI=1S/C21H22FNO4/c1-26-21(25)17-7-5-15(6-8-17)11-16-9-10-23(13-16)20(24)14-27-19-4-2-3-18(22)12-19/h2-8,12,16H,9-11,13-14H2,1H3. The fraction of sp³-hybridized carbons (Fsp3) is 0.333. The highest BCUT2D eigenvalue weighted by molar-refractivity contribution is 5.89. The molecule has 6 heteroatoms. The lowest BCUT2D eigenvalue weighted by Crippen LogP contribution is -2.33. The zero-order chi connectivity index (χ0) is 19.2. The Labute approximate surface area is 157 Å². The molecule has 2 aromatic rings. The molecular weight excluding hydrogens is 349 g/mol. The SMILES string of the molecule is COC(=O)c1ccc(CC2CCN(C(=O)COc3cccc(F)c3)C2)cc1. The number of rotatable bonds is 6. The van der Waals surface area contributed by atoms with Crippen LogP contribution < -0.4 is 4.74 Å². The van der Waals surface area contributed by atoms with E-state index in [1.165, 1.54) is 19.2 Å². The van der Waals surface area contributed by atoms with Gasteiger partial charge in [-0.1, -0.05) is 18.2 Å². The van der Waals surface area contributed by atoms with Crippen molar-refractivity contribution < 1.29 is 23.5 Å². The third-order valence-corrected chi connectivity index (χ3v) is 4.70. The number of likely N-dealkylation sites (tertiary alicyclic amines) is 1. The number of ether oxygens (including phenoxy) is 2. The molecule has 1 aliphatic heterocycles. The van der Waals surface area contributed by atoms with Crippen LogP contribution in [0.3, 0.4) is 0 Å². The monoisotopic (exact) mass is 371 g/mol. The first-order valence-corrected chi connectivity index (χ1v) is 8.88. The third kappa shape index (κ3) is 5.06. The number of hydrogen-bond acceptors (Lipinski definition) is 4. The number of methoxy groups -OCH3 is 1. The minimum atomic E-state index is -0.389. The summed E-state index contributed by atoms with van der Waals surface area (Å²) in [5.41, 5.74) is 1.65. The number of halogens is 1. The smallest absolute Gasteiger partial charge is 0.337 e. The zero-order valence-electron chi connectivity index (χ0n) is 15.2. The average Bonchev–Trinajstić information content (AvgIpc) is 3.15. The first kappa shape index (κ1) is 18.9. The van der Waals surface area contributed by atoms with Gasteiger partial charge < -0.3 is 14.4 Å². The van der Waals surface area contributed by atoms with Crippen molar-refractivity contribution in [2.75, 3.05) is 26.8 Å². The molecule has 1 fully saturated rings. The van der Waals surface area contributed by atoms with Gasteiger partial charge in [0, 0.05) is 19.2 Å². The van der Waals surface area contributed by atoms with E-state index in [9.17, 15) is 14.0 Å². The molecule has 3 rings (SSSR count). The van der Waals surface area contributed by atoms with E-state index < -0.39 is 0 Å². The summed E-state index contributed by atoms with van der Waals surface area (Å²) in [7, 11) is 1.36. The van der Waals surface area contributed by atoms with Crippen molar-refractivity contribution in [3.63, 3.8) is 0 Å². The van der Waals surface area contributed by atoms with Gasteiger partial charge in [0.25, 0.3) is 5.91 Å². The molecule has 2 aromatic carbocycles. The highest BCUT2D eigenvalue weighted by Gasteiger charge is 2.26. The Kier molecular flexibility index (Phi) is 6.06. The maximum absolute atomic E-state index is 13.1. The summed E-state index contributed by atoms with van der Waals surface area (Å²) in [4.78, 5) is 25.6. The van der Waals surface area contributed by atoms with Crippen LogP contribution in [0.25, 0.3) is 0 Å². The topological polar surface area (TPSA) is 55.8 Å². The van der Waals surface area contributed by atoms with E-state index >= 15 is 0 Å². The second-order valence-corrected chi connectivity index (χ2v) is 6.63. The van der Waals surface area contributed by atoms with Gasteiger partial charge >= 0.3 is 5.97 Å². The predicted molar refractivity (Wildman–Crippen MR) is 98.1 cm³/mol. The van der Waals surface area contributed by atoms with E-state index in [2.05, 4.69) is 0 Å². The van der Waals surface area contributed by atoms with Gasteiger partial charge in [-0.15, -0.1) is 0 Å². The van der Waals surface area contributed by atoms with Gasteiger partial charge in [0.1, 0.15) is 11.6 Å². The molecule has 27 heavy (non-hydrogen) atoms. The summed E-state index contributed by atoms with van der Waals surface area (Å²) >= 11 is 0. The fourth-order valence-electron chi connectivity index (χ4n) is 3.25. The van der Waals surface area contributed by atoms with Crippen LogP contribution in [-0.4, -0.2) is 43.6 Å². The quantitative estimate of drug-likeness (QED) is 0.733. The highest BCUT2D eigenvalue weighted by Crippen LogP contribution is 2.22. The molecule has 0 spiro atoms. The number of amides is 1. The molecule has 0 bridgehead atoms. The Balaban J connectivity index is 1.48. The third-order valence-electron chi connectivity index (χ3n) is 4.70. The van der Waals surface area contributed by atoms with Gasteiger partial charge in [-0.3, -0.25) is 4.79 Å². The van der Waals surface area contributed by atoms with Gasteiger partial charge in [0.2, 0.25) is 0 Å². The highest BCUT2D eigenvalue weighted by atomic mass is 19.1. The van der Waals surface area contributed by atoms with E-state index in [1.54, 1.807) is 29.2 Å². The van der Waals surface area contributed by atoms with E-state index in [0.717, 1.165) is 18.4 Å². The molecule has 1 atom stereocenters. The van der Waals surface area contributed by atoms with E-state index in [-0.39, 0.29) is 24.3 Å². The van der Waals surface area contributed by atoms with Crippen molar-refractivity contribution >= 4 is 11.9 Å². The molecular formula is C21H22FNO4. The molecule has 1 aliphatic rings. The Hall–Kier alpha value is -2.89. The minimum Gasteiger partial charge on any atom is -0.484 e. The van der Waals surface area contributed by atoms with Crippen LogP contribution >= 0.6 is 0 Å². The lowest BCUT2D eigenvalue weighted by atomic mass is 9.98. The molecule has 0 N–H and O–H groups in total. The largest absolute Gasteiger partial charge is 0.484 e. The van der Waals surface area contributed by atoms with Crippen molar-refractivity contribution in [1.29, 1.82) is 0 Å². The second-order valence-electron chi connectivity index (χ2n) is 6.63. The van der Waals surface area contributed by atoms with Gasteiger partial charge in [-0.25, -0.2) is 9.18 Å². The summed E-state index contributed by atoms with van der Waals surface area (Å²) in [5.74, 6) is -0.114. The number of benzene rings is 2. The lowest BCUT2D eigenvalue weighted by molar-refractivity contribution is -0.132. The van der Waals surface area contributed by atoms with Crippen molar-refractivity contribution in [2.24, 2.45) is 5.92 Å². The molecule has 0 radical (unpaired) electrons. The molecule has 0 saturated carbocycles. The Bertz CT molecular complexity index is 806. The van der Waals surface area contributed by atoms with Gasteiger partial charge in [0.15, 0.2) is 6.61 Å². The molecule has 0 aliphatic carbocycles. The number of carbonyl (C=O) groups excluding carboxylic acids is 2. The fourth-order valence-corrected chi connectivity index (χ4v) is 3.25. The van der Waals surface area contributed by atoms with Crippen LogP contribution in [-0.2, 0) is 16.0 Å². The number of carbonyl (C=O) groups is 2. The molecule has 0 aromatic heterocycles. The van der Waals surface area contributed by atoms with Crippen LogP contribution in [0.4, 0.5) is 4.39 Å². The van der Waals surface area contributed by atoms with E-state index in [1.807, 2.05) is 12.1 Å². The number of nitrogens with zero attached hydrogens (tertiary/aromatic N) is 1. The van der Waals surface area contributed by atoms with Gasteiger partial charge in [-0.05, 0) is 48.6 Å². The molecule has 1 saturated heterocycles. The normalized spacial score (nSPS) is 16.2. The summed E-state index contributed by atoms with van der Waals surface area (Å²) in [6.07, 6.45) is 1.76. The van der Waals surface area contributed by atoms with E-state index in [4.69, 9.17) is 9.47 Å². The van der Waals surface area contributed by atoms with Crippen molar-refractivity contribution in [1.82, 2.24) is 4.90 Å². The Morgan fingerprint density at radius 2 is 1.96 bits per heavy atom. The van der Waals surface area contributed by atoms with Gasteiger partial charge in [-0.2, -0.15) is 0 Å². The predicted octanol–water partition coefficient (Wildman–Crippen LogP) is 3.08. The molecule has 142 valence electrons. The number of esters is 1. The Morgan fingerprint density at radius 3 is 2.67 bits per heavy atom. The second kappa shape index (κ2) is 8.66. The molecule has 1 unspecified atom stereocenters. The average molecular weight is 371 g/mol. The number of hydrogen-bond donors (Lipinski definition) is 0. The lowest BCUT2D eigenvalue weighted by Gasteiger charge is -2.17. The van der Waals surface area contributed by atoms with Gasteiger partial charge in [0.05, 0.1) is 12.7 Å². The molecule has 1 amide bonds. The minimum absolute atomic E-state index is 0.0933. The summed E-state index contributed by atoms with van der Waals surface area (Å²) < 4.78 is 23.2. The van der Waals surface area contributed by atoms with Crippen molar-refractivity contribution in [3.05, 3.63) is 65.5 Å². The first-order valence-electron chi connectivity index (χ1n) is 8.88. The van der Waals surface area contributed by atoms with Crippen LogP contribution in [0, 0.1) is 11.7 Å². The molecule has 5 nitrogen and oxygen atoms in total. The van der Waals surface area contributed by atoms with E-state index in [0.29, 0.717) is 30.3 Å². The first-order chi connectivity index (χ1) is 13.0. The van der Waals surface area contributed by atoms with Crippen molar-refractivity contribution in [2.45, 2.75) is 12.8 Å². The summed E-state index contributed by atoms with van der Waals surface area (Å²) in [6.45, 7) is 1.27. The van der Waals surface area contributed by atoms with Crippen molar-refractivity contribution in [3.8, 4) is 5.75 Å². The maximum Gasteiger partial charge on any atom is 0.337 e. The van der Waals surface area contributed by atoms with Crippen LogP contribution in [0.15, 0.2) is 48.5 Å². The summed E-state index contributed by atoms with van der Waals surface area (Å²) in [5, 5.41) is 0.